The monoisotopic (exact) mass is 455 g/mol. The van der Waals surface area contributed by atoms with E-state index in [1.165, 1.54) is 0 Å². The Labute approximate surface area is 191 Å². The Hall–Kier alpha value is -2.90. The number of nitrogens with one attached hydrogen (secondary N) is 1. The third-order valence-corrected chi connectivity index (χ3v) is 6.02. The van der Waals surface area contributed by atoms with E-state index in [4.69, 9.17) is 33.0 Å². The largest absolute Gasteiger partial charge is 0.465 e. The number of thiocarbonyl (C=S) groups is 1. The summed E-state index contributed by atoms with van der Waals surface area (Å²) in [7, 11) is 0. The lowest BCUT2D eigenvalue weighted by Crippen LogP contribution is -2.35. The van der Waals surface area contributed by atoms with Crippen LogP contribution in [0.2, 0.25) is 5.02 Å². The number of hydrogen-bond donors (Lipinski definition) is 1. The Bertz CT molecular complexity index is 1100. The van der Waals surface area contributed by atoms with Crippen molar-refractivity contribution >= 4 is 34.9 Å². The average molecular weight is 456 g/mol. The molecule has 0 radical (unpaired) electrons. The van der Waals surface area contributed by atoms with Gasteiger partial charge in [0, 0.05) is 16.8 Å². The van der Waals surface area contributed by atoms with Crippen molar-refractivity contribution in [2.24, 2.45) is 0 Å². The zero-order valence-corrected chi connectivity index (χ0v) is 18.7. The van der Waals surface area contributed by atoms with Crippen molar-refractivity contribution in [3.63, 3.8) is 0 Å². The molecule has 0 amide bonds. The summed E-state index contributed by atoms with van der Waals surface area (Å²) in [5.41, 5.74) is 2.66. The molecule has 31 heavy (non-hydrogen) atoms. The van der Waals surface area contributed by atoms with Crippen LogP contribution < -0.4 is 5.32 Å². The SMILES string of the molecule is CCOC(=O)CN1C(=S)N[C@H](c2ccccn2)[C@@H]1c1ccc(-c2cccc(Cl)c2C)o1. The molecule has 1 N–H and O–H groups in total. The number of furan rings is 1. The molecule has 2 aromatic heterocycles. The fourth-order valence-corrected chi connectivity index (χ4v) is 4.24. The van der Waals surface area contributed by atoms with Gasteiger partial charge >= 0.3 is 5.97 Å². The van der Waals surface area contributed by atoms with Gasteiger partial charge in [0.25, 0.3) is 0 Å². The van der Waals surface area contributed by atoms with E-state index in [0.29, 0.717) is 28.3 Å². The van der Waals surface area contributed by atoms with Gasteiger partial charge in [-0.2, -0.15) is 0 Å². The zero-order chi connectivity index (χ0) is 22.0. The molecule has 1 saturated heterocycles. The molecule has 1 aromatic carbocycles. The number of rotatable bonds is 6. The number of hydrogen-bond acceptors (Lipinski definition) is 5. The molecule has 160 valence electrons. The van der Waals surface area contributed by atoms with E-state index in [-0.39, 0.29) is 24.6 Å². The van der Waals surface area contributed by atoms with Crippen LogP contribution in [0.3, 0.4) is 0 Å². The molecule has 3 heterocycles. The Morgan fingerprint density at radius 2 is 2.10 bits per heavy atom. The topological polar surface area (TPSA) is 67.6 Å². The summed E-state index contributed by atoms with van der Waals surface area (Å²) in [6, 6.07) is 14.6. The second-order valence-electron chi connectivity index (χ2n) is 7.17. The molecule has 1 aliphatic heterocycles. The summed E-state index contributed by atoms with van der Waals surface area (Å²) in [6.45, 7) is 4.05. The fraction of sp³-hybridized carbons (Fsp3) is 0.261. The van der Waals surface area contributed by atoms with Crippen molar-refractivity contribution in [2.75, 3.05) is 13.2 Å². The number of carbonyl (C=O) groups excluding carboxylic acids is 1. The van der Waals surface area contributed by atoms with Gasteiger partial charge in [-0.25, -0.2) is 0 Å². The molecular weight excluding hydrogens is 434 g/mol. The quantitative estimate of drug-likeness (QED) is 0.421. The van der Waals surface area contributed by atoms with Gasteiger partial charge in [-0.3, -0.25) is 9.78 Å². The molecule has 3 aromatic rings. The molecule has 0 unspecified atom stereocenters. The maximum absolute atomic E-state index is 12.3. The minimum Gasteiger partial charge on any atom is -0.465 e. The van der Waals surface area contributed by atoms with E-state index in [9.17, 15) is 4.79 Å². The summed E-state index contributed by atoms with van der Waals surface area (Å²) < 4.78 is 11.4. The van der Waals surface area contributed by atoms with E-state index in [1.54, 1.807) is 18.0 Å². The van der Waals surface area contributed by atoms with Crippen molar-refractivity contribution < 1.29 is 13.9 Å². The second kappa shape index (κ2) is 9.08. The third-order valence-electron chi connectivity index (χ3n) is 5.25. The summed E-state index contributed by atoms with van der Waals surface area (Å²) >= 11 is 11.8. The maximum atomic E-state index is 12.3. The molecule has 4 rings (SSSR count). The molecule has 1 fully saturated rings. The number of benzene rings is 1. The summed E-state index contributed by atoms with van der Waals surface area (Å²) in [4.78, 5) is 18.5. The summed E-state index contributed by atoms with van der Waals surface area (Å²) in [5, 5.41) is 4.42. The predicted molar refractivity (Wildman–Crippen MR) is 123 cm³/mol. The molecule has 2 atom stereocenters. The molecule has 0 bridgehead atoms. The van der Waals surface area contributed by atoms with Crippen LogP contribution in [0, 0.1) is 6.92 Å². The molecule has 1 aliphatic rings. The first-order valence-electron chi connectivity index (χ1n) is 9.98. The Morgan fingerprint density at radius 3 is 2.84 bits per heavy atom. The van der Waals surface area contributed by atoms with Gasteiger partial charge < -0.3 is 19.4 Å². The molecule has 0 aliphatic carbocycles. The van der Waals surface area contributed by atoms with Crippen LogP contribution in [0.15, 0.2) is 59.1 Å². The zero-order valence-electron chi connectivity index (χ0n) is 17.2. The van der Waals surface area contributed by atoms with Crippen LogP contribution in [-0.2, 0) is 9.53 Å². The van der Waals surface area contributed by atoms with Gasteiger partial charge in [-0.05, 0) is 62.0 Å². The number of carbonyl (C=O) groups is 1. The minimum atomic E-state index is -0.361. The van der Waals surface area contributed by atoms with E-state index in [2.05, 4.69) is 10.3 Å². The van der Waals surface area contributed by atoms with E-state index in [1.807, 2.05) is 55.5 Å². The highest BCUT2D eigenvalue weighted by Gasteiger charge is 2.42. The van der Waals surface area contributed by atoms with Gasteiger partial charge in [0.05, 0.1) is 18.3 Å². The second-order valence-corrected chi connectivity index (χ2v) is 7.97. The first-order chi connectivity index (χ1) is 15.0. The van der Waals surface area contributed by atoms with Gasteiger partial charge in [0.1, 0.15) is 24.1 Å². The summed E-state index contributed by atoms with van der Waals surface area (Å²) in [5.74, 6) is 1.01. The molecule has 6 nitrogen and oxygen atoms in total. The number of esters is 1. The Morgan fingerprint density at radius 1 is 1.26 bits per heavy atom. The lowest BCUT2D eigenvalue weighted by Gasteiger charge is -2.25. The van der Waals surface area contributed by atoms with Crippen LogP contribution in [-0.4, -0.2) is 34.1 Å². The van der Waals surface area contributed by atoms with E-state index in [0.717, 1.165) is 16.8 Å². The lowest BCUT2D eigenvalue weighted by atomic mass is 10.0. The minimum absolute atomic E-state index is 0.0138. The highest BCUT2D eigenvalue weighted by atomic mass is 35.5. The van der Waals surface area contributed by atoms with Crippen LogP contribution in [0.5, 0.6) is 0 Å². The van der Waals surface area contributed by atoms with Crippen LogP contribution in [0.25, 0.3) is 11.3 Å². The first kappa shape index (κ1) is 21.3. The standard InChI is InChI=1S/C23H22ClN3O3S/c1-3-29-20(28)13-27-22(21(26-23(27)31)17-9-4-5-12-25-17)19-11-10-18(30-19)15-7-6-8-16(24)14(15)2/h4-12,21-22H,3,13H2,1-2H3,(H,26,31)/t21-,22+/m1/s1. The van der Waals surface area contributed by atoms with Gasteiger partial charge in [0.15, 0.2) is 5.11 Å². The highest BCUT2D eigenvalue weighted by molar-refractivity contribution is 7.80. The molecule has 8 heteroatoms. The van der Waals surface area contributed by atoms with E-state index >= 15 is 0 Å². The lowest BCUT2D eigenvalue weighted by molar-refractivity contribution is -0.143. The molecule has 0 saturated carbocycles. The highest BCUT2D eigenvalue weighted by Crippen LogP contribution is 2.41. The van der Waals surface area contributed by atoms with Crippen LogP contribution >= 0.6 is 23.8 Å². The molecular formula is C23H22ClN3O3S. The van der Waals surface area contributed by atoms with Crippen molar-refractivity contribution in [2.45, 2.75) is 25.9 Å². The maximum Gasteiger partial charge on any atom is 0.325 e. The van der Waals surface area contributed by atoms with Crippen molar-refractivity contribution in [3.8, 4) is 11.3 Å². The number of pyridine rings is 1. The number of halogens is 1. The summed E-state index contributed by atoms with van der Waals surface area (Å²) in [6.07, 6.45) is 1.73. The van der Waals surface area contributed by atoms with Crippen molar-refractivity contribution in [1.29, 1.82) is 0 Å². The first-order valence-corrected chi connectivity index (χ1v) is 10.8. The number of aromatic nitrogens is 1. The number of ether oxygens (including phenoxy) is 1. The average Bonchev–Trinajstić information content (AvgIpc) is 3.36. The van der Waals surface area contributed by atoms with Gasteiger partial charge in [0.2, 0.25) is 0 Å². The third kappa shape index (κ3) is 4.29. The van der Waals surface area contributed by atoms with Crippen LogP contribution in [0.1, 0.15) is 36.0 Å². The fourth-order valence-electron chi connectivity index (χ4n) is 3.76. The van der Waals surface area contributed by atoms with Crippen molar-refractivity contribution in [1.82, 2.24) is 15.2 Å². The van der Waals surface area contributed by atoms with Crippen LogP contribution in [0.4, 0.5) is 0 Å². The Balaban J connectivity index is 1.73. The van der Waals surface area contributed by atoms with Gasteiger partial charge in [-0.1, -0.05) is 29.8 Å². The smallest absolute Gasteiger partial charge is 0.325 e. The normalized spacial score (nSPS) is 18.2. The number of nitrogens with zero attached hydrogens (tertiary/aromatic N) is 2. The van der Waals surface area contributed by atoms with E-state index < -0.39 is 0 Å². The predicted octanol–water partition coefficient (Wildman–Crippen LogP) is 4.84. The van der Waals surface area contributed by atoms with Crippen molar-refractivity contribution in [3.05, 3.63) is 76.8 Å². The van der Waals surface area contributed by atoms with Gasteiger partial charge in [-0.15, -0.1) is 0 Å². The Kier molecular flexibility index (Phi) is 6.25. The molecule has 0 spiro atoms.